The molecule has 2 aromatic rings. The Kier molecular flexibility index (Phi) is 3.95. The Balaban J connectivity index is 2.55. The van der Waals surface area contributed by atoms with Crippen LogP contribution in [0.1, 0.15) is 5.56 Å². The molecule has 2 rings (SSSR count). The van der Waals surface area contributed by atoms with Gasteiger partial charge < -0.3 is 5.32 Å². The van der Waals surface area contributed by atoms with E-state index in [2.05, 4.69) is 9.97 Å². The summed E-state index contributed by atoms with van der Waals surface area (Å²) in [5.74, 6) is -5.41. The maximum Gasteiger partial charge on any atom is 0.421 e. The van der Waals surface area contributed by atoms with Gasteiger partial charge in [0.25, 0.3) is 0 Å². The molecule has 112 valence electrons. The van der Waals surface area contributed by atoms with E-state index in [1.54, 1.807) is 5.32 Å². The third kappa shape index (κ3) is 3.18. The predicted octanol–water partition coefficient (Wildman–Crippen LogP) is 4.31. The van der Waals surface area contributed by atoms with Gasteiger partial charge in [-0.15, -0.1) is 0 Å². The van der Waals surface area contributed by atoms with Gasteiger partial charge in [0.15, 0.2) is 11.6 Å². The average molecular weight is 328 g/mol. The first-order chi connectivity index (χ1) is 9.70. The lowest BCUT2D eigenvalue weighted by Gasteiger charge is -2.14. The molecule has 0 unspecified atom stereocenters. The maximum absolute atomic E-state index is 13.4. The number of aromatic nitrogens is 2. The van der Waals surface area contributed by atoms with Crippen molar-refractivity contribution in [3.8, 4) is 0 Å². The van der Waals surface area contributed by atoms with Crippen LogP contribution in [0.15, 0.2) is 18.3 Å². The first kappa shape index (κ1) is 15.4. The fourth-order valence-electron chi connectivity index (χ4n) is 1.42. The van der Waals surface area contributed by atoms with E-state index in [9.17, 15) is 26.3 Å². The maximum atomic E-state index is 13.4. The van der Waals surface area contributed by atoms with Gasteiger partial charge in [0.1, 0.15) is 22.9 Å². The van der Waals surface area contributed by atoms with Crippen LogP contribution in [0.25, 0.3) is 0 Å². The highest BCUT2D eigenvalue weighted by atomic mass is 35.5. The summed E-state index contributed by atoms with van der Waals surface area (Å²) < 4.78 is 78.1. The standard InChI is InChI=1S/C11H4ClF6N3/c12-10-19-3-4(11(16,17)18)9(21-10)20-8-6(14)2-1-5(13)7(8)15/h1-3H,(H,19,20,21). The normalized spacial score (nSPS) is 11.6. The van der Waals surface area contributed by atoms with E-state index in [-0.39, 0.29) is 0 Å². The zero-order valence-corrected chi connectivity index (χ0v) is 10.5. The lowest BCUT2D eigenvalue weighted by molar-refractivity contribution is -0.137. The molecule has 0 atom stereocenters. The van der Waals surface area contributed by atoms with Crippen LogP contribution < -0.4 is 5.32 Å². The van der Waals surface area contributed by atoms with Gasteiger partial charge in [0, 0.05) is 6.20 Å². The molecule has 0 spiro atoms. The van der Waals surface area contributed by atoms with E-state index in [0.29, 0.717) is 18.3 Å². The number of halogens is 7. The Bertz CT molecular complexity index is 688. The molecule has 21 heavy (non-hydrogen) atoms. The van der Waals surface area contributed by atoms with Crippen molar-refractivity contribution in [2.45, 2.75) is 6.18 Å². The molecule has 10 heteroatoms. The summed E-state index contributed by atoms with van der Waals surface area (Å²) in [6.45, 7) is 0. The second-order valence-corrected chi connectivity index (χ2v) is 4.08. The average Bonchev–Trinajstić information content (AvgIpc) is 2.38. The van der Waals surface area contributed by atoms with E-state index in [1.165, 1.54) is 0 Å². The van der Waals surface area contributed by atoms with Crippen LogP contribution in [0.2, 0.25) is 5.28 Å². The Labute approximate surface area is 118 Å². The van der Waals surface area contributed by atoms with Crippen LogP contribution in [-0.2, 0) is 6.18 Å². The molecular weight excluding hydrogens is 324 g/mol. The molecule has 0 aliphatic carbocycles. The van der Waals surface area contributed by atoms with E-state index in [4.69, 9.17) is 11.6 Å². The van der Waals surface area contributed by atoms with Crippen molar-refractivity contribution >= 4 is 23.1 Å². The number of alkyl halides is 3. The molecular formula is C11H4ClF6N3. The lowest BCUT2D eigenvalue weighted by atomic mass is 10.2. The summed E-state index contributed by atoms with van der Waals surface area (Å²) >= 11 is 5.35. The summed E-state index contributed by atoms with van der Waals surface area (Å²) in [5.41, 5.74) is -2.52. The summed E-state index contributed by atoms with van der Waals surface area (Å²) in [7, 11) is 0. The van der Waals surface area contributed by atoms with Crippen molar-refractivity contribution in [1.29, 1.82) is 0 Å². The number of anilines is 2. The van der Waals surface area contributed by atoms with Gasteiger partial charge >= 0.3 is 6.18 Å². The van der Waals surface area contributed by atoms with Crippen molar-refractivity contribution < 1.29 is 26.3 Å². The van der Waals surface area contributed by atoms with Crippen LogP contribution in [0, 0.1) is 17.5 Å². The Hall–Kier alpha value is -2.03. The number of hydrogen-bond donors (Lipinski definition) is 1. The molecule has 0 saturated heterocycles. The van der Waals surface area contributed by atoms with Crippen LogP contribution in [0.3, 0.4) is 0 Å². The van der Waals surface area contributed by atoms with Crippen LogP contribution in [-0.4, -0.2) is 9.97 Å². The fourth-order valence-corrected chi connectivity index (χ4v) is 1.56. The van der Waals surface area contributed by atoms with Gasteiger partial charge in [-0.2, -0.15) is 18.2 Å². The monoisotopic (exact) mass is 327 g/mol. The lowest BCUT2D eigenvalue weighted by Crippen LogP contribution is -2.12. The molecule has 0 bridgehead atoms. The Morgan fingerprint density at radius 2 is 1.67 bits per heavy atom. The van der Waals surface area contributed by atoms with Gasteiger partial charge in [-0.1, -0.05) is 0 Å². The van der Waals surface area contributed by atoms with Crippen LogP contribution in [0.5, 0.6) is 0 Å². The third-order valence-electron chi connectivity index (χ3n) is 2.35. The smallest absolute Gasteiger partial charge is 0.335 e. The molecule has 1 heterocycles. The topological polar surface area (TPSA) is 37.8 Å². The van der Waals surface area contributed by atoms with Gasteiger partial charge in [0.05, 0.1) is 0 Å². The number of rotatable bonds is 2. The van der Waals surface area contributed by atoms with Gasteiger partial charge in [-0.05, 0) is 23.7 Å². The van der Waals surface area contributed by atoms with Crippen molar-refractivity contribution in [2.24, 2.45) is 0 Å². The zero-order chi connectivity index (χ0) is 15.8. The number of nitrogens with zero attached hydrogens (tertiary/aromatic N) is 2. The molecule has 3 nitrogen and oxygen atoms in total. The second-order valence-electron chi connectivity index (χ2n) is 3.74. The summed E-state index contributed by atoms with van der Waals surface area (Å²) in [6, 6.07) is 1.05. The molecule has 1 N–H and O–H groups in total. The molecule has 0 saturated carbocycles. The third-order valence-corrected chi connectivity index (χ3v) is 2.53. The Morgan fingerprint density at radius 1 is 1.05 bits per heavy atom. The van der Waals surface area contributed by atoms with Gasteiger partial charge in [-0.25, -0.2) is 18.2 Å². The van der Waals surface area contributed by atoms with E-state index in [0.717, 1.165) is 0 Å². The van der Waals surface area contributed by atoms with Crippen LogP contribution in [0.4, 0.5) is 37.8 Å². The van der Waals surface area contributed by atoms with Crippen LogP contribution >= 0.6 is 11.6 Å². The van der Waals surface area contributed by atoms with E-state index < -0.39 is 46.0 Å². The highest BCUT2D eigenvalue weighted by Crippen LogP contribution is 2.36. The molecule has 0 aliphatic rings. The van der Waals surface area contributed by atoms with Crippen molar-refractivity contribution in [3.05, 3.63) is 46.6 Å². The molecule has 1 aromatic carbocycles. The second kappa shape index (κ2) is 5.40. The van der Waals surface area contributed by atoms with Gasteiger partial charge in [0.2, 0.25) is 5.28 Å². The zero-order valence-electron chi connectivity index (χ0n) is 9.77. The molecule has 1 aromatic heterocycles. The first-order valence-electron chi connectivity index (χ1n) is 5.20. The Morgan fingerprint density at radius 3 is 2.29 bits per heavy atom. The minimum Gasteiger partial charge on any atom is -0.335 e. The van der Waals surface area contributed by atoms with Gasteiger partial charge in [-0.3, -0.25) is 0 Å². The summed E-state index contributed by atoms with van der Waals surface area (Å²) in [5, 5.41) is 1.17. The van der Waals surface area contributed by atoms with Crippen molar-refractivity contribution in [3.63, 3.8) is 0 Å². The highest BCUT2D eigenvalue weighted by Gasteiger charge is 2.35. The predicted molar refractivity (Wildman–Crippen MR) is 61.6 cm³/mol. The summed E-state index contributed by atoms with van der Waals surface area (Å²) in [6.07, 6.45) is -4.56. The highest BCUT2D eigenvalue weighted by molar-refractivity contribution is 6.28. The van der Waals surface area contributed by atoms with E-state index >= 15 is 0 Å². The van der Waals surface area contributed by atoms with E-state index in [1.807, 2.05) is 0 Å². The quantitative estimate of drug-likeness (QED) is 0.507. The fraction of sp³-hybridized carbons (Fsp3) is 0.0909. The number of hydrogen-bond acceptors (Lipinski definition) is 3. The SMILES string of the molecule is Fc1ccc(F)c(Nc2nc(Cl)ncc2C(F)(F)F)c1F. The summed E-state index contributed by atoms with van der Waals surface area (Å²) in [4.78, 5) is 6.36. The molecule has 0 fully saturated rings. The van der Waals surface area contributed by atoms with Crippen molar-refractivity contribution in [1.82, 2.24) is 9.97 Å². The molecule has 0 aliphatic heterocycles. The molecule has 0 radical (unpaired) electrons. The first-order valence-corrected chi connectivity index (χ1v) is 5.58. The largest absolute Gasteiger partial charge is 0.421 e. The molecule has 0 amide bonds. The number of nitrogens with one attached hydrogen (secondary N) is 1. The minimum atomic E-state index is -4.90. The van der Waals surface area contributed by atoms with Crippen molar-refractivity contribution in [2.75, 3.05) is 5.32 Å². The minimum absolute atomic E-state index is 0.340. The number of benzene rings is 1.